The molecule has 1 N–H and O–H groups in total. The first-order valence-corrected chi connectivity index (χ1v) is 9.18. The van der Waals surface area contributed by atoms with Gasteiger partial charge in [-0.05, 0) is 36.6 Å². The molecular formula is C21H25N3O3. The third-order valence-corrected chi connectivity index (χ3v) is 4.77. The van der Waals surface area contributed by atoms with Crippen molar-refractivity contribution in [3.63, 3.8) is 0 Å². The Morgan fingerprint density at radius 1 is 1.30 bits per heavy atom. The molecule has 0 bridgehead atoms. The summed E-state index contributed by atoms with van der Waals surface area (Å²) in [6, 6.07) is 11.4. The van der Waals surface area contributed by atoms with E-state index in [-0.39, 0.29) is 17.9 Å². The molecule has 2 amide bonds. The fourth-order valence-electron chi connectivity index (χ4n) is 3.24. The van der Waals surface area contributed by atoms with Crippen LogP contribution in [0.1, 0.15) is 35.7 Å². The lowest BCUT2D eigenvalue weighted by Crippen LogP contribution is -2.42. The fourth-order valence-corrected chi connectivity index (χ4v) is 3.24. The highest BCUT2D eigenvalue weighted by Crippen LogP contribution is 2.21. The Kier molecular flexibility index (Phi) is 6.19. The number of nitrogens with zero attached hydrogens (tertiary/aromatic N) is 2. The molecule has 0 saturated carbocycles. The summed E-state index contributed by atoms with van der Waals surface area (Å²) in [5.41, 5.74) is 3.28. The first-order chi connectivity index (χ1) is 13.1. The minimum Gasteiger partial charge on any atom is -0.380 e. The van der Waals surface area contributed by atoms with Gasteiger partial charge in [0.05, 0.1) is 11.8 Å². The predicted octanol–water partition coefficient (Wildman–Crippen LogP) is 2.64. The van der Waals surface area contributed by atoms with Crippen LogP contribution in [-0.4, -0.2) is 48.0 Å². The van der Waals surface area contributed by atoms with E-state index in [2.05, 4.69) is 10.3 Å². The molecule has 142 valence electrons. The number of piperidine rings is 1. The maximum atomic E-state index is 12.9. The summed E-state index contributed by atoms with van der Waals surface area (Å²) in [4.78, 5) is 30.2. The number of hydrogen-bond acceptors (Lipinski definition) is 4. The second-order valence-electron chi connectivity index (χ2n) is 6.79. The van der Waals surface area contributed by atoms with Gasteiger partial charge in [-0.2, -0.15) is 0 Å². The lowest BCUT2D eigenvalue weighted by atomic mass is 10.0. The number of carbonyl (C=O) groups is 2. The number of carbonyl (C=O) groups excluding carboxylic acids is 2. The molecule has 0 unspecified atom stereocenters. The molecule has 6 nitrogen and oxygen atoms in total. The second-order valence-corrected chi connectivity index (χ2v) is 6.79. The number of ether oxygens (including phenoxy) is 1. The Hall–Kier alpha value is -2.73. The maximum Gasteiger partial charge on any atom is 0.253 e. The number of nitrogens with one attached hydrogen (secondary N) is 1. The Balaban J connectivity index is 1.73. The van der Waals surface area contributed by atoms with Gasteiger partial charge in [0.2, 0.25) is 5.91 Å². The average molecular weight is 367 g/mol. The van der Waals surface area contributed by atoms with Crippen molar-refractivity contribution in [3.8, 4) is 11.3 Å². The Morgan fingerprint density at radius 2 is 2.15 bits per heavy atom. The zero-order valence-corrected chi connectivity index (χ0v) is 15.8. The van der Waals surface area contributed by atoms with E-state index in [4.69, 9.17) is 4.74 Å². The van der Waals surface area contributed by atoms with Crippen molar-refractivity contribution in [2.75, 3.05) is 20.2 Å². The SMILES string of the molecule is CO[C@@H]1CCCN(C(=O)c2cccc(-c3ccc(CNC(C)=O)cn3)c2)C1. The molecule has 2 heterocycles. The summed E-state index contributed by atoms with van der Waals surface area (Å²) in [5.74, 6) is -0.0420. The van der Waals surface area contributed by atoms with Gasteiger partial charge in [0.1, 0.15) is 0 Å². The van der Waals surface area contributed by atoms with Gasteiger partial charge >= 0.3 is 0 Å². The summed E-state index contributed by atoms with van der Waals surface area (Å²) in [5, 5.41) is 2.75. The van der Waals surface area contributed by atoms with E-state index in [0.29, 0.717) is 18.7 Å². The fraction of sp³-hybridized carbons (Fsp3) is 0.381. The quantitative estimate of drug-likeness (QED) is 0.882. The summed E-state index contributed by atoms with van der Waals surface area (Å²) >= 11 is 0. The van der Waals surface area contributed by atoms with E-state index in [1.165, 1.54) is 6.92 Å². The van der Waals surface area contributed by atoms with Crippen LogP contribution >= 0.6 is 0 Å². The van der Waals surface area contributed by atoms with Crippen molar-refractivity contribution < 1.29 is 14.3 Å². The Bertz CT molecular complexity index is 805. The molecule has 27 heavy (non-hydrogen) atoms. The number of likely N-dealkylation sites (tertiary alicyclic amines) is 1. The molecule has 1 aliphatic heterocycles. The van der Waals surface area contributed by atoms with Crippen LogP contribution in [0.2, 0.25) is 0 Å². The van der Waals surface area contributed by atoms with Crippen LogP contribution in [-0.2, 0) is 16.1 Å². The van der Waals surface area contributed by atoms with E-state index in [0.717, 1.165) is 36.2 Å². The van der Waals surface area contributed by atoms with E-state index in [9.17, 15) is 9.59 Å². The van der Waals surface area contributed by atoms with E-state index in [1.54, 1.807) is 13.3 Å². The van der Waals surface area contributed by atoms with E-state index >= 15 is 0 Å². The molecule has 1 saturated heterocycles. The number of pyridine rings is 1. The van der Waals surface area contributed by atoms with Gasteiger partial charge in [-0.15, -0.1) is 0 Å². The van der Waals surface area contributed by atoms with Crippen LogP contribution in [0.4, 0.5) is 0 Å². The normalized spacial score (nSPS) is 16.8. The number of benzene rings is 1. The summed E-state index contributed by atoms with van der Waals surface area (Å²) in [7, 11) is 1.69. The molecule has 1 atom stereocenters. The maximum absolute atomic E-state index is 12.9. The van der Waals surface area contributed by atoms with Gasteiger partial charge in [-0.25, -0.2) is 0 Å². The minimum absolute atomic E-state index is 0.0286. The summed E-state index contributed by atoms with van der Waals surface area (Å²) in [6.07, 6.45) is 3.81. The summed E-state index contributed by atoms with van der Waals surface area (Å²) in [6.45, 7) is 3.34. The van der Waals surface area contributed by atoms with Gasteiger partial charge in [0.15, 0.2) is 0 Å². The highest BCUT2D eigenvalue weighted by Gasteiger charge is 2.24. The lowest BCUT2D eigenvalue weighted by molar-refractivity contribution is -0.119. The molecule has 1 aliphatic rings. The molecular weight excluding hydrogens is 342 g/mol. The van der Waals surface area contributed by atoms with E-state index < -0.39 is 0 Å². The van der Waals surface area contributed by atoms with Gasteiger partial charge in [0.25, 0.3) is 5.91 Å². The van der Waals surface area contributed by atoms with Crippen molar-refractivity contribution in [1.29, 1.82) is 0 Å². The standard InChI is InChI=1S/C21H25N3O3/c1-15(25)22-12-16-8-9-20(23-13-16)17-5-3-6-18(11-17)21(26)24-10-4-7-19(14-24)27-2/h3,5-6,8-9,11,13,19H,4,7,10,12,14H2,1-2H3,(H,22,25)/t19-/m1/s1. The minimum atomic E-state index is -0.0706. The van der Waals surface area contributed by atoms with Crippen LogP contribution in [0.15, 0.2) is 42.6 Å². The third kappa shape index (κ3) is 4.92. The molecule has 3 rings (SSSR count). The molecule has 6 heteroatoms. The molecule has 1 aromatic carbocycles. The van der Waals surface area contributed by atoms with Crippen LogP contribution in [0, 0.1) is 0 Å². The van der Waals surface area contributed by atoms with Gasteiger partial charge in [-0.3, -0.25) is 14.6 Å². The smallest absolute Gasteiger partial charge is 0.253 e. The number of aromatic nitrogens is 1. The van der Waals surface area contributed by atoms with Gasteiger partial charge in [-0.1, -0.05) is 18.2 Å². The topological polar surface area (TPSA) is 71.5 Å². The Morgan fingerprint density at radius 3 is 2.85 bits per heavy atom. The van der Waals surface area contributed by atoms with Gasteiger partial charge < -0.3 is 15.0 Å². The van der Waals surface area contributed by atoms with E-state index in [1.807, 2.05) is 41.3 Å². The van der Waals surface area contributed by atoms with Crippen LogP contribution in [0.25, 0.3) is 11.3 Å². The number of rotatable bonds is 5. The average Bonchev–Trinajstić information content (AvgIpc) is 2.72. The molecule has 1 fully saturated rings. The second kappa shape index (κ2) is 8.77. The zero-order chi connectivity index (χ0) is 19.2. The van der Waals surface area contributed by atoms with Crippen molar-refractivity contribution in [3.05, 3.63) is 53.7 Å². The highest BCUT2D eigenvalue weighted by atomic mass is 16.5. The van der Waals surface area contributed by atoms with Crippen molar-refractivity contribution in [1.82, 2.24) is 15.2 Å². The van der Waals surface area contributed by atoms with Crippen molar-refractivity contribution in [2.45, 2.75) is 32.4 Å². The number of hydrogen-bond donors (Lipinski definition) is 1. The largest absolute Gasteiger partial charge is 0.380 e. The van der Waals surface area contributed by atoms with Crippen LogP contribution in [0.5, 0.6) is 0 Å². The van der Waals surface area contributed by atoms with Crippen molar-refractivity contribution in [2.24, 2.45) is 0 Å². The molecule has 0 radical (unpaired) electrons. The number of methoxy groups -OCH3 is 1. The van der Waals surface area contributed by atoms with Gasteiger partial charge in [0, 0.05) is 51.0 Å². The first kappa shape index (κ1) is 19.0. The highest BCUT2D eigenvalue weighted by molar-refractivity contribution is 5.95. The summed E-state index contributed by atoms with van der Waals surface area (Å²) < 4.78 is 5.42. The zero-order valence-electron chi connectivity index (χ0n) is 15.8. The third-order valence-electron chi connectivity index (χ3n) is 4.77. The lowest BCUT2D eigenvalue weighted by Gasteiger charge is -2.32. The van der Waals surface area contributed by atoms with Crippen LogP contribution < -0.4 is 5.32 Å². The Labute approximate surface area is 159 Å². The van der Waals surface area contributed by atoms with Crippen molar-refractivity contribution >= 4 is 11.8 Å². The molecule has 1 aromatic heterocycles. The first-order valence-electron chi connectivity index (χ1n) is 9.18. The molecule has 0 aliphatic carbocycles. The monoisotopic (exact) mass is 367 g/mol. The molecule has 2 aromatic rings. The predicted molar refractivity (Wildman–Crippen MR) is 103 cm³/mol. The van der Waals surface area contributed by atoms with Crippen LogP contribution in [0.3, 0.4) is 0 Å². The molecule has 0 spiro atoms. The number of amides is 2.